The smallest absolute Gasteiger partial charge is 0.142 e. The molecule has 1 rings (SSSR count). The largest absolute Gasteiger partial charge is 0.310 e. The van der Waals surface area contributed by atoms with Gasteiger partial charge in [-0.25, -0.2) is 4.39 Å². The lowest BCUT2D eigenvalue weighted by atomic mass is 9.99. The Labute approximate surface area is 134 Å². The maximum absolute atomic E-state index is 13.6. The predicted octanol–water partition coefficient (Wildman–Crippen LogP) is 6.27. The van der Waals surface area contributed by atoms with Gasteiger partial charge in [0.1, 0.15) is 5.82 Å². The first-order chi connectivity index (χ1) is 10.2. The summed E-state index contributed by atoms with van der Waals surface area (Å²) in [6, 6.07) is 5.28. The molecule has 120 valence electrons. The van der Waals surface area contributed by atoms with Gasteiger partial charge >= 0.3 is 0 Å². The molecular formula is C18H29ClFN. The van der Waals surface area contributed by atoms with Crippen LogP contribution in [0.1, 0.15) is 76.8 Å². The van der Waals surface area contributed by atoms with E-state index in [4.69, 9.17) is 11.6 Å². The second-order valence-electron chi connectivity index (χ2n) is 5.71. The molecule has 3 heteroatoms. The van der Waals surface area contributed by atoms with E-state index in [1.807, 2.05) is 6.07 Å². The molecule has 21 heavy (non-hydrogen) atoms. The van der Waals surface area contributed by atoms with Crippen LogP contribution in [0.5, 0.6) is 0 Å². The molecule has 1 aromatic rings. The molecule has 0 heterocycles. The van der Waals surface area contributed by atoms with Gasteiger partial charge in [-0.1, -0.05) is 76.1 Å². The normalized spacial score (nSPS) is 12.6. The van der Waals surface area contributed by atoms with E-state index in [9.17, 15) is 4.39 Å². The Morgan fingerprint density at radius 2 is 1.76 bits per heavy atom. The molecule has 0 aromatic heterocycles. The van der Waals surface area contributed by atoms with Crippen LogP contribution in [0.4, 0.5) is 4.39 Å². The second kappa shape index (κ2) is 11.0. The van der Waals surface area contributed by atoms with Crippen LogP contribution in [0.3, 0.4) is 0 Å². The van der Waals surface area contributed by atoms with Gasteiger partial charge in [-0.2, -0.15) is 0 Å². The summed E-state index contributed by atoms with van der Waals surface area (Å²) in [5.74, 6) is -0.319. The number of unbranched alkanes of at least 4 members (excludes halogenated alkanes) is 5. The standard InChI is InChI=1S/C18H29ClFN/c1-3-5-6-7-8-9-13-17(21-14-4-2)15-11-10-12-16(20)18(15)19/h10-12,17,21H,3-9,13-14H2,1-2H3. The Morgan fingerprint density at radius 1 is 1.05 bits per heavy atom. The molecule has 0 amide bonds. The van der Waals surface area contributed by atoms with Crippen LogP contribution in [-0.4, -0.2) is 6.54 Å². The van der Waals surface area contributed by atoms with Gasteiger partial charge in [-0.15, -0.1) is 0 Å². The van der Waals surface area contributed by atoms with Gasteiger partial charge in [0.25, 0.3) is 0 Å². The number of halogens is 2. The highest BCUT2D eigenvalue weighted by Gasteiger charge is 2.15. The topological polar surface area (TPSA) is 12.0 Å². The molecule has 1 atom stereocenters. The highest BCUT2D eigenvalue weighted by Crippen LogP contribution is 2.29. The van der Waals surface area contributed by atoms with Crippen LogP contribution < -0.4 is 5.32 Å². The van der Waals surface area contributed by atoms with Crippen molar-refractivity contribution in [3.63, 3.8) is 0 Å². The van der Waals surface area contributed by atoms with Crippen molar-refractivity contribution in [2.45, 2.75) is 71.3 Å². The van der Waals surface area contributed by atoms with Crippen LogP contribution in [0.25, 0.3) is 0 Å². The fourth-order valence-corrected chi connectivity index (χ4v) is 2.86. The summed E-state index contributed by atoms with van der Waals surface area (Å²) < 4.78 is 13.6. The van der Waals surface area contributed by atoms with Crippen molar-refractivity contribution in [2.75, 3.05) is 6.54 Å². The number of hydrogen-bond acceptors (Lipinski definition) is 1. The summed E-state index contributed by atoms with van der Waals surface area (Å²) >= 11 is 6.13. The molecule has 0 aliphatic heterocycles. The molecule has 0 radical (unpaired) electrons. The summed E-state index contributed by atoms with van der Waals surface area (Å²) in [4.78, 5) is 0. The van der Waals surface area contributed by atoms with Crippen molar-refractivity contribution >= 4 is 11.6 Å². The monoisotopic (exact) mass is 313 g/mol. The minimum atomic E-state index is -0.319. The van der Waals surface area contributed by atoms with E-state index in [1.165, 1.54) is 38.2 Å². The van der Waals surface area contributed by atoms with E-state index in [0.29, 0.717) is 0 Å². The molecule has 0 spiro atoms. The highest BCUT2D eigenvalue weighted by atomic mass is 35.5. The Morgan fingerprint density at radius 3 is 2.48 bits per heavy atom. The number of nitrogens with one attached hydrogen (secondary N) is 1. The van der Waals surface area contributed by atoms with E-state index in [2.05, 4.69) is 19.2 Å². The van der Waals surface area contributed by atoms with Crippen molar-refractivity contribution in [2.24, 2.45) is 0 Å². The summed E-state index contributed by atoms with van der Waals surface area (Å²) in [6.45, 7) is 5.31. The number of benzene rings is 1. The average Bonchev–Trinajstić information content (AvgIpc) is 2.49. The SMILES string of the molecule is CCCCCCCCC(NCCC)c1cccc(F)c1Cl. The molecule has 0 saturated heterocycles. The van der Waals surface area contributed by atoms with E-state index in [1.54, 1.807) is 6.07 Å². The third kappa shape index (κ3) is 6.80. The number of hydrogen-bond donors (Lipinski definition) is 1. The first-order valence-electron chi connectivity index (χ1n) is 8.38. The first kappa shape index (κ1) is 18.4. The van der Waals surface area contributed by atoms with Gasteiger partial charge in [0, 0.05) is 6.04 Å². The molecule has 0 aliphatic carbocycles. The highest BCUT2D eigenvalue weighted by molar-refractivity contribution is 6.31. The summed E-state index contributed by atoms with van der Waals surface area (Å²) in [6.07, 6.45) is 9.73. The van der Waals surface area contributed by atoms with Gasteiger partial charge < -0.3 is 5.32 Å². The van der Waals surface area contributed by atoms with Gasteiger partial charge in [-0.3, -0.25) is 0 Å². The lowest BCUT2D eigenvalue weighted by molar-refractivity contribution is 0.464. The molecule has 1 nitrogen and oxygen atoms in total. The fraction of sp³-hybridized carbons (Fsp3) is 0.667. The van der Waals surface area contributed by atoms with Gasteiger partial charge in [0.2, 0.25) is 0 Å². The molecule has 1 aromatic carbocycles. The Hall–Kier alpha value is -0.600. The van der Waals surface area contributed by atoms with Crippen molar-refractivity contribution in [3.8, 4) is 0 Å². The minimum Gasteiger partial charge on any atom is -0.310 e. The maximum Gasteiger partial charge on any atom is 0.142 e. The third-order valence-corrected chi connectivity index (χ3v) is 4.24. The van der Waals surface area contributed by atoms with Gasteiger partial charge in [0.05, 0.1) is 5.02 Å². The van der Waals surface area contributed by atoms with E-state index < -0.39 is 0 Å². The Kier molecular flexibility index (Phi) is 9.69. The van der Waals surface area contributed by atoms with Gasteiger partial charge in [0.15, 0.2) is 0 Å². The van der Waals surface area contributed by atoms with Crippen LogP contribution in [0.15, 0.2) is 18.2 Å². The fourth-order valence-electron chi connectivity index (χ4n) is 2.60. The Balaban J connectivity index is 2.53. The maximum atomic E-state index is 13.6. The molecule has 0 fully saturated rings. The van der Waals surface area contributed by atoms with E-state index in [-0.39, 0.29) is 16.9 Å². The van der Waals surface area contributed by atoms with E-state index in [0.717, 1.165) is 31.4 Å². The van der Waals surface area contributed by atoms with Gasteiger partial charge in [-0.05, 0) is 31.0 Å². The molecule has 1 N–H and O–H groups in total. The molecule has 0 aliphatic rings. The Bertz CT molecular complexity index is 395. The third-order valence-electron chi connectivity index (χ3n) is 3.84. The van der Waals surface area contributed by atoms with Crippen molar-refractivity contribution < 1.29 is 4.39 Å². The van der Waals surface area contributed by atoms with Crippen LogP contribution in [-0.2, 0) is 0 Å². The summed E-state index contributed by atoms with van der Waals surface area (Å²) in [5, 5.41) is 3.78. The average molecular weight is 314 g/mol. The molecule has 1 unspecified atom stereocenters. The van der Waals surface area contributed by atoms with Crippen molar-refractivity contribution in [1.82, 2.24) is 5.32 Å². The minimum absolute atomic E-state index is 0.166. The quantitative estimate of drug-likeness (QED) is 0.475. The molecule has 0 saturated carbocycles. The zero-order valence-electron chi connectivity index (χ0n) is 13.4. The zero-order valence-corrected chi connectivity index (χ0v) is 14.2. The van der Waals surface area contributed by atoms with Crippen molar-refractivity contribution in [3.05, 3.63) is 34.6 Å². The summed E-state index contributed by atoms with van der Waals surface area (Å²) in [5.41, 5.74) is 0.902. The first-order valence-corrected chi connectivity index (χ1v) is 8.75. The predicted molar refractivity (Wildman–Crippen MR) is 90.4 cm³/mol. The number of rotatable bonds is 11. The molecular weight excluding hydrogens is 285 g/mol. The van der Waals surface area contributed by atoms with Crippen LogP contribution in [0.2, 0.25) is 5.02 Å². The summed E-state index contributed by atoms with van der Waals surface area (Å²) in [7, 11) is 0. The van der Waals surface area contributed by atoms with E-state index >= 15 is 0 Å². The van der Waals surface area contributed by atoms with Crippen molar-refractivity contribution in [1.29, 1.82) is 0 Å². The zero-order chi connectivity index (χ0) is 15.5. The molecule has 0 bridgehead atoms. The second-order valence-corrected chi connectivity index (χ2v) is 6.08. The lowest BCUT2D eigenvalue weighted by Crippen LogP contribution is -2.22. The lowest BCUT2D eigenvalue weighted by Gasteiger charge is -2.20. The van der Waals surface area contributed by atoms with Crippen LogP contribution in [0, 0.1) is 5.82 Å². The van der Waals surface area contributed by atoms with Crippen LogP contribution >= 0.6 is 11.6 Å².